The number of rotatable bonds is 10. The number of carboxylic acid groups (broad SMARTS) is 2. The first-order chi connectivity index (χ1) is 21.5. The van der Waals surface area contributed by atoms with Crippen LogP contribution in [0.1, 0.15) is 26.0 Å². The molecule has 2 aromatic heterocycles. The molecule has 0 saturated carbocycles. The minimum Gasteiger partial charge on any atom is -1.00 e. The van der Waals surface area contributed by atoms with E-state index < -0.39 is 11.9 Å². The zero-order valence-electron chi connectivity index (χ0n) is 25.8. The van der Waals surface area contributed by atoms with Crippen molar-refractivity contribution >= 4 is 11.9 Å². The summed E-state index contributed by atoms with van der Waals surface area (Å²) in [6.45, 7) is 0. The van der Waals surface area contributed by atoms with E-state index in [0.717, 1.165) is 33.6 Å². The molecular formula is C36H31KN2O6. The molecule has 0 bridgehead atoms. The third-order valence-electron chi connectivity index (χ3n) is 6.61. The summed E-state index contributed by atoms with van der Waals surface area (Å²) in [5.74, 6) is 0.515. The minimum absolute atomic E-state index is 0. The number of carboxylic acids is 2. The Hall–Kier alpha value is -4.12. The Morgan fingerprint density at radius 1 is 0.511 bits per heavy atom. The van der Waals surface area contributed by atoms with Crippen molar-refractivity contribution in [2.24, 2.45) is 0 Å². The largest absolute Gasteiger partial charge is 1.00 e. The van der Waals surface area contributed by atoms with E-state index in [4.69, 9.17) is 19.0 Å². The van der Waals surface area contributed by atoms with Gasteiger partial charge < -0.3 is 20.5 Å². The SMILES string of the molecule is O=C(O)CCc1nc(-c2ccccc2)c(-c2ccccc2)o1.O=C(O)CCc1nc(-c2ccccc2)c(-c2ccccc2)o1.[H-].[K+]. The van der Waals surface area contributed by atoms with Gasteiger partial charge in [-0.05, 0) is 0 Å². The van der Waals surface area contributed by atoms with Crippen LogP contribution >= 0.6 is 0 Å². The first-order valence-corrected chi connectivity index (χ1v) is 14.1. The predicted molar refractivity (Wildman–Crippen MR) is 168 cm³/mol. The molecule has 0 fully saturated rings. The van der Waals surface area contributed by atoms with Crippen LogP contribution in [-0.4, -0.2) is 32.1 Å². The third-order valence-corrected chi connectivity index (χ3v) is 6.61. The van der Waals surface area contributed by atoms with Crippen molar-refractivity contribution in [3.63, 3.8) is 0 Å². The predicted octanol–water partition coefficient (Wildman–Crippen LogP) is 5.17. The molecule has 222 valence electrons. The average molecular weight is 627 g/mol. The molecule has 2 N–H and O–H groups in total. The summed E-state index contributed by atoms with van der Waals surface area (Å²) in [4.78, 5) is 30.5. The Morgan fingerprint density at radius 2 is 0.800 bits per heavy atom. The van der Waals surface area contributed by atoms with Gasteiger partial charge in [0, 0.05) is 35.1 Å². The molecule has 8 nitrogen and oxygen atoms in total. The van der Waals surface area contributed by atoms with Crippen molar-refractivity contribution in [2.75, 3.05) is 0 Å². The van der Waals surface area contributed by atoms with E-state index in [-0.39, 0.29) is 78.5 Å². The van der Waals surface area contributed by atoms with Crippen molar-refractivity contribution in [3.8, 4) is 45.2 Å². The molecule has 0 aliphatic carbocycles. The van der Waals surface area contributed by atoms with Crippen molar-refractivity contribution in [1.82, 2.24) is 9.97 Å². The quantitative estimate of drug-likeness (QED) is 0.200. The van der Waals surface area contributed by atoms with E-state index in [0.29, 0.717) is 23.3 Å². The maximum Gasteiger partial charge on any atom is 1.00 e. The fourth-order valence-corrected chi connectivity index (χ4v) is 4.52. The smallest absolute Gasteiger partial charge is 1.00 e. The van der Waals surface area contributed by atoms with Crippen LogP contribution in [0.4, 0.5) is 0 Å². The summed E-state index contributed by atoms with van der Waals surface area (Å²) in [7, 11) is 0. The van der Waals surface area contributed by atoms with E-state index in [1.807, 2.05) is 121 Å². The number of aryl methyl sites for hydroxylation is 2. The molecule has 0 saturated heterocycles. The van der Waals surface area contributed by atoms with Crippen LogP contribution in [0.15, 0.2) is 130 Å². The van der Waals surface area contributed by atoms with Crippen LogP contribution in [0.3, 0.4) is 0 Å². The Morgan fingerprint density at radius 3 is 1.09 bits per heavy atom. The fourth-order valence-electron chi connectivity index (χ4n) is 4.52. The Kier molecular flexibility index (Phi) is 12.6. The number of hydrogen-bond acceptors (Lipinski definition) is 6. The molecule has 0 aliphatic heterocycles. The van der Waals surface area contributed by atoms with Crippen molar-refractivity contribution in [1.29, 1.82) is 0 Å². The minimum atomic E-state index is -0.860. The molecule has 0 amide bonds. The Balaban J connectivity index is 0.000000240. The number of oxazole rings is 2. The van der Waals surface area contributed by atoms with Gasteiger partial charge in [0.2, 0.25) is 0 Å². The summed E-state index contributed by atoms with van der Waals surface area (Å²) < 4.78 is 11.7. The maximum atomic E-state index is 10.7. The van der Waals surface area contributed by atoms with Gasteiger partial charge in [-0.1, -0.05) is 121 Å². The summed E-state index contributed by atoms with van der Waals surface area (Å²) >= 11 is 0. The Bertz CT molecular complexity index is 1560. The summed E-state index contributed by atoms with van der Waals surface area (Å²) in [5, 5.41) is 17.6. The third kappa shape index (κ3) is 9.43. The first-order valence-electron chi connectivity index (χ1n) is 14.1. The monoisotopic (exact) mass is 626 g/mol. The van der Waals surface area contributed by atoms with Crippen LogP contribution < -0.4 is 51.4 Å². The van der Waals surface area contributed by atoms with Gasteiger partial charge in [0.15, 0.2) is 23.3 Å². The van der Waals surface area contributed by atoms with Gasteiger partial charge in [-0.2, -0.15) is 0 Å². The van der Waals surface area contributed by atoms with Gasteiger partial charge in [0.1, 0.15) is 11.4 Å². The van der Waals surface area contributed by atoms with E-state index in [9.17, 15) is 9.59 Å². The molecule has 0 unspecified atom stereocenters. The number of benzene rings is 4. The topological polar surface area (TPSA) is 127 Å². The average Bonchev–Trinajstić information content (AvgIpc) is 3.70. The van der Waals surface area contributed by atoms with Crippen LogP contribution in [0.25, 0.3) is 45.2 Å². The molecule has 0 radical (unpaired) electrons. The number of hydrogen-bond donors (Lipinski definition) is 2. The van der Waals surface area contributed by atoms with Gasteiger partial charge >= 0.3 is 63.3 Å². The standard InChI is InChI=1S/2C18H15NO3.K.H/c2*20-16(21)12-11-15-19-17(13-7-3-1-4-8-13)18(22-15)14-9-5-2-6-10-14;;/h2*1-10H,11-12H2,(H,20,21);;/q;;+1;-1. The molecular weight excluding hydrogens is 596 g/mol. The van der Waals surface area contributed by atoms with Crippen LogP contribution in [-0.2, 0) is 22.4 Å². The van der Waals surface area contributed by atoms with Crippen molar-refractivity contribution in [2.45, 2.75) is 25.7 Å². The number of aromatic nitrogens is 2. The van der Waals surface area contributed by atoms with Gasteiger partial charge in [-0.3, -0.25) is 9.59 Å². The molecule has 6 rings (SSSR count). The molecule has 4 aromatic carbocycles. The zero-order chi connectivity index (χ0) is 30.7. The molecule has 0 spiro atoms. The van der Waals surface area contributed by atoms with Crippen molar-refractivity contribution < 1.29 is 81.4 Å². The number of aliphatic carboxylic acids is 2. The van der Waals surface area contributed by atoms with Gasteiger partial charge in [-0.15, -0.1) is 0 Å². The van der Waals surface area contributed by atoms with E-state index >= 15 is 0 Å². The summed E-state index contributed by atoms with van der Waals surface area (Å²) in [5.41, 5.74) is 5.24. The second-order valence-corrected chi connectivity index (χ2v) is 9.82. The van der Waals surface area contributed by atoms with Gasteiger partial charge in [0.05, 0.1) is 12.8 Å². The molecule has 2 heterocycles. The van der Waals surface area contributed by atoms with Crippen molar-refractivity contribution in [3.05, 3.63) is 133 Å². The summed E-state index contributed by atoms with van der Waals surface area (Å²) in [6, 6.07) is 38.9. The molecule has 6 aromatic rings. The number of nitrogens with zero attached hydrogens (tertiary/aromatic N) is 2. The number of carbonyl (C=O) groups is 2. The fraction of sp³-hybridized carbons (Fsp3) is 0.111. The second kappa shape index (κ2) is 16.8. The molecule has 9 heteroatoms. The summed E-state index contributed by atoms with van der Waals surface area (Å²) in [6.07, 6.45) is 0.565. The first kappa shape index (κ1) is 33.8. The maximum absolute atomic E-state index is 10.7. The van der Waals surface area contributed by atoms with Crippen LogP contribution in [0, 0.1) is 0 Å². The molecule has 45 heavy (non-hydrogen) atoms. The Labute approximate surface area is 304 Å². The van der Waals surface area contributed by atoms with Gasteiger partial charge in [-0.25, -0.2) is 9.97 Å². The second-order valence-electron chi connectivity index (χ2n) is 9.82. The van der Waals surface area contributed by atoms with Gasteiger partial charge in [0.25, 0.3) is 0 Å². The molecule has 0 aliphatic rings. The molecule has 0 atom stereocenters. The normalized spacial score (nSPS) is 10.3. The van der Waals surface area contributed by atoms with E-state index in [1.165, 1.54) is 0 Å². The van der Waals surface area contributed by atoms with E-state index in [1.54, 1.807) is 0 Å². The van der Waals surface area contributed by atoms with Crippen LogP contribution in [0.5, 0.6) is 0 Å². The zero-order valence-corrected chi connectivity index (χ0v) is 27.9. The van der Waals surface area contributed by atoms with Crippen LogP contribution in [0.2, 0.25) is 0 Å². The van der Waals surface area contributed by atoms with E-state index in [2.05, 4.69) is 9.97 Å².